The molecular formula is C13H17Cl2NO2. The number of aryl methyl sites for hydroxylation is 2. The summed E-state index contributed by atoms with van der Waals surface area (Å²) in [7, 11) is 0. The lowest BCUT2D eigenvalue weighted by molar-refractivity contribution is 0.321. The van der Waals surface area contributed by atoms with Gasteiger partial charge in [-0.05, 0) is 43.2 Å². The van der Waals surface area contributed by atoms with E-state index in [-0.39, 0.29) is 4.49 Å². The number of nitrogens with two attached hydrogens (primary N) is 1. The molecule has 5 heteroatoms. The minimum Gasteiger partial charge on any atom is -0.492 e. The Bertz CT molecular complexity index is 406. The maximum Gasteiger partial charge on any atom is 0.125 e. The van der Waals surface area contributed by atoms with Gasteiger partial charge in [0.2, 0.25) is 0 Å². The van der Waals surface area contributed by atoms with Gasteiger partial charge in [0.1, 0.15) is 29.2 Å². The van der Waals surface area contributed by atoms with Gasteiger partial charge in [0.05, 0.1) is 0 Å². The maximum atomic E-state index is 5.58. The number of hydrogen-bond donors (Lipinski definition) is 1. The first-order valence-corrected chi connectivity index (χ1v) is 6.38. The molecule has 2 N–H and O–H groups in total. The van der Waals surface area contributed by atoms with Gasteiger partial charge in [-0.2, -0.15) is 0 Å². The zero-order valence-corrected chi connectivity index (χ0v) is 12.0. The second-order valence-electron chi connectivity index (χ2n) is 3.83. The van der Waals surface area contributed by atoms with Crippen molar-refractivity contribution in [2.24, 2.45) is 5.73 Å². The molecule has 1 rings (SSSR count). The quantitative estimate of drug-likeness (QED) is 0.874. The lowest BCUT2D eigenvalue weighted by atomic mass is 10.1. The molecule has 0 atom stereocenters. The summed E-state index contributed by atoms with van der Waals surface area (Å²) < 4.78 is 11.3. The second kappa shape index (κ2) is 7.52. The number of halogens is 2. The van der Waals surface area contributed by atoms with Crippen molar-refractivity contribution < 1.29 is 9.47 Å². The highest BCUT2D eigenvalue weighted by atomic mass is 35.5. The van der Waals surface area contributed by atoms with E-state index in [0.29, 0.717) is 19.8 Å². The fraction of sp³-hybridized carbons (Fsp3) is 0.385. The largest absolute Gasteiger partial charge is 0.492 e. The Labute approximate surface area is 117 Å². The monoisotopic (exact) mass is 289 g/mol. The second-order valence-corrected chi connectivity index (χ2v) is 4.84. The van der Waals surface area contributed by atoms with Gasteiger partial charge in [-0.15, -0.1) is 0 Å². The predicted octanol–water partition coefficient (Wildman–Crippen LogP) is 3.34. The van der Waals surface area contributed by atoms with E-state index in [0.717, 1.165) is 22.6 Å². The van der Waals surface area contributed by atoms with Crippen molar-refractivity contribution in [3.05, 3.63) is 33.8 Å². The fourth-order valence-corrected chi connectivity index (χ4v) is 1.71. The molecule has 0 aliphatic rings. The summed E-state index contributed by atoms with van der Waals surface area (Å²) in [6.45, 7) is 5.28. The molecule has 0 heterocycles. The Kier molecular flexibility index (Phi) is 6.33. The summed E-state index contributed by atoms with van der Waals surface area (Å²) in [6.07, 6.45) is 1.59. The molecule has 0 spiro atoms. The third kappa shape index (κ3) is 4.77. The molecule has 3 nitrogen and oxygen atoms in total. The van der Waals surface area contributed by atoms with Gasteiger partial charge >= 0.3 is 0 Å². The molecule has 0 bridgehead atoms. The predicted molar refractivity (Wildman–Crippen MR) is 75.7 cm³/mol. The number of benzene rings is 1. The topological polar surface area (TPSA) is 44.5 Å². The SMILES string of the molecule is Cc1cc(OCC=C(Cl)Cl)cc(C)c1OCCN. The molecule has 0 unspecified atom stereocenters. The van der Waals surface area contributed by atoms with Crippen LogP contribution in [0.4, 0.5) is 0 Å². The van der Waals surface area contributed by atoms with Crippen molar-refractivity contribution in [2.75, 3.05) is 19.8 Å². The van der Waals surface area contributed by atoms with Crippen LogP contribution in [0.25, 0.3) is 0 Å². The van der Waals surface area contributed by atoms with Crippen molar-refractivity contribution in [1.29, 1.82) is 0 Å². The molecule has 0 aliphatic heterocycles. The molecule has 0 saturated heterocycles. The van der Waals surface area contributed by atoms with Crippen LogP contribution in [0.5, 0.6) is 11.5 Å². The van der Waals surface area contributed by atoms with Crippen molar-refractivity contribution >= 4 is 23.2 Å². The summed E-state index contributed by atoms with van der Waals surface area (Å²) in [5.41, 5.74) is 7.45. The minimum absolute atomic E-state index is 0.200. The van der Waals surface area contributed by atoms with Crippen molar-refractivity contribution in [1.82, 2.24) is 0 Å². The third-order valence-electron chi connectivity index (χ3n) is 2.29. The van der Waals surface area contributed by atoms with E-state index in [1.54, 1.807) is 6.08 Å². The van der Waals surface area contributed by atoms with Gasteiger partial charge in [0, 0.05) is 6.54 Å². The van der Waals surface area contributed by atoms with Crippen LogP contribution >= 0.6 is 23.2 Å². The first kappa shape index (κ1) is 15.2. The maximum absolute atomic E-state index is 5.58. The van der Waals surface area contributed by atoms with Crippen molar-refractivity contribution in [3.63, 3.8) is 0 Å². The Morgan fingerprint density at radius 2 is 1.83 bits per heavy atom. The van der Waals surface area contributed by atoms with Gasteiger partial charge in [-0.1, -0.05) is 23.2 Å². The van der Waals surface area contributed by atoms with Crippen LogP contribution in [0, 0.1) is 13.8 Å². The molecule has 18 heavy (non-hydrogen) atoms. The number of ether oxygens (including phenoxy) is 2. The normalized spacial score (nSPS) is 10.1. The summed E-state index contributed by atoms with van der Waals surface area (Å²) >= 11 is 11.0. The molecule has 0 aliphatic carbocycles. The van der Waals surface area contributed by atoms with Crippen LogP contribution in [0.15, 0.2) is 22.7 Å². The lowest BCUT2D eigenvalue weighted by Gasteiger charge is -2.13. The van der Waals surface area contributed by atoms with Gasteiger partial charge in [0.15, 0.2) is 0 Å². The Balaban J connectivity index is 2.76. The highest BCUT2D eigenvalue weighted by Crippen LogP contribution is 2.28. The summed E-state index contributed by atoms with van der Waals surface area (Å²) in [4.78, 5) is 0. The molecular weight excluding hydrogens is 273 g/mol. The van der Waals surface area contributed by atoms with E-state index in [1.165, 1.54) is 0 Å². The van der Waals surface area contributed by atoms with Gasteiger partial charge < -0.3 is 15.2 Å². The van der Waals surface area contributed by atoms with Gasteiger partial charge in [-0.25, -0.2) is 0 Å². The zero-order valence-electron chi connectivity index (χ0n) is 10.5. The first-order valence-electron chi connectivity index (χ1n) is 5.62. The molecule has 0 radical (unpaired) electrons. The number of hydrogen-bond acceptors (Lipinski definition) is 3. The Morgan fingerprint density at radius 3 is 2.33 bits per heavy atom. The molecule has 1 aromatic carbocycles. The van der Waals surface area contributed by atoms with Gasteiger partial charge in [-0.3, -0.25) is 0 Å². The lowest BCUT2D eigenvalue weighted by Crippen LogP contribution is -2.11. The summed E-state index contributed by atoms with van der Waals surface area (Å²) in [5.74, 6) is 1.62. The molecule has 0 amide bonds. The minimum atomic E-state index is 0.200. The van der Waals surface area contributed by atoms with Crippen LogP contribution < -0.4 is 15.2 Å². The summed E-state index contributed by atoms with van der Waals surface area (Å²) in [6, 6.07) is 3.82. The van der Waals surface area contributed by atoms with Crippen molar-refractivity contribution in [3.8, 4) is 11.5 Å². The Hall–Kier alpha value is -0.900. The molecule has 0 aromatic heterocycles. The fourth-order valence-electron chi connectivity index (χ4n) is 1.58. The van der Waals surface area contributed by atoms with Crippen LogP contribution in [0.1, 0.15) is 11.1 Å². The van der Waals surface area contributed by atoms with Crippen LogP contribution in [0.3, 0.4) is 0 Å². The van der Waals surface area contributed by atoms with E-state index in [1.807, 2.05) is 26.0 Å². The Morgan fingerprint density at radius 1 is 1.22 bits per heavy atom. The van der Waals surface area contributed by atoms with Crippen molar-refractivity contribution in [2.45, 2.75) is 13.8 Å². The highest BCUT2D eigenvalue weighted by molar-refractivity contribution is 6.55. The van der Waals surface area contributed by atoms with E-state index >= 15 is 0 Å². The van der Waals surface area contributed by atoms with E-state index in [4.69, 9.17) is 38.4 Å². The van der Waals surface area contributed by atoms with Crippen LogP contribution in [-0.4, -0.2) is 19.8 Å². The van der Waals surface area contributed by atoms with E-state index < -0.39 is 0 Å². The molecule has 1 aromatic rings. The summed E-state index contributed by atoms with van der Waals surface area (Å²) in [5, 5.41) is 0. The highest BCUT2D eigenvalue weighted by Gasteiger charge is 2.06. The smallest absolute Gasteiger partial charge is 0.125 e. The zero-order chi connectivity index (χ0) is 13.5. The van der Waals surface area contributed by atoms with E-state index in [9.17, 15) is 0 Å². The first-order chi connectivity index (χ1) is 8.54. The van der Waals surface area contributed by atoms with Crippen LogP contribution in [-0.2, 0) is 0 Å². The van der Waals surface area contributed by atoms with E-state index in [2.05, 4.69) is 0 Å². The number of rotatable bonds is 6. The van der Waals surface area contributed by atoms with Gasteiger partial charge in [0.25, 0.3) is 0 Å². The molecule has 0 saturated carbocycles. The average Bonchev–Trinajstić information content (AvgIpc) is 2.27. The molecule has 100 valence electrons. The van der Waals surface area contributed by atoms with Crippen LogP contribution in [0.2, 0.25) is 0 Å². The third-order valence-corrected chi connectivity index (χ3v) is 2.59. The average molecular weight is 290 g/mol. The standard InChI is InChI=1S/C13H17Cl2NO2/c1-9-7-11(17-5-3-12(14)15)8-10(2)13(9)18-6-4-16/h3,7-8H,4-6,16H2,1-2H3. The molecule has 0 fully saturated rings.